The molecule has 0 fully saturated rings. The molecule has 0 unspecified atom stereocenters. The molecule has 1 aromatic carbocycles. The van der Waals surface area contributed by atoms with Crippen LogP contribution in [-0.4, -0.2) is 10.9 Å². The second kappa shape index (κ2) is 6.06. The average Bonchev–Trinajstić information content (AvgIpc) is 2.40. The monoisotopic (exact) mass is 281 g/mol. The number of benzene rings is 1. The maximum Gasteiger partial charge on any atom is 0.221 e. The molecule has 5 nitrogen and oxygen atoms in total. The van der Waals surface area contributed by atoms with Crippen molar-refractivity contribution in [1.82, 2.24) is 4.98 Å². The SMILES string of the molecule is CC(=O)Nc1ccc(Oc2cc(C)nc(C)c2C#N)cc1. The normalized spacial score (nSPS) is 9.81. The van der Waals surface area contributed by atoms with Crippen LogP contribution in [0.2, 0.25) is 0 Å². The van der Waals surface area contributed by atoms with Crippen molar-refractivity contribution in [2.45, 2.75) is 20.8 Å². The number of pyridine rings is 1. The summed E-state index contributed by atoms with van der Waals surface area (Å²) in [6.45, 7) is 5.07. The molecular formula is C16H15N3O2. The van der Waals surface area contributed by atoms with Crippen LogP contribution in [0.25, 0.3) is 0 Å². The lowest BCUT2D eigenvalue weighted by molar-refractivity contribution is -0.114. The van der Waals surface area contributed by atoms with Crippen LogP contribution in [-0.2, 0) is 4.79 Å². The molecular weight excluding hydrogens is 266 g/mol. The van der Waals surface area contributed by atoms with Crippen molar-refractivity contribution >= 4 is 11.6 Å². The van der Waals surface area contributed by atoms with Gasteiger partial charge in [-0.2, -0.15) is 5.26 Å². The van der Waals surface area contributed by atoms with E-state index in [1.807, 2.05) is 6.92 Å². The minimum absolute atomic E-state index is 0.129. The number of amides is 1. The number of nitrogens with one attached hydrogen (secondary N) is 1. The zero-order valence-electron chi connectivity index (χ0n) is 12.1. The van der Waals surface area contributed by atoms with Crippen LogP contribution in [0.1, 0.15) is 23.9 Å². The Labute approximate surface area is 123 Å². The highest BCUT2D eigenvalue weighted by molar-refractivity contribution is 5.88. The second-order valence-electron chi connectivity index (χ2n) is 4.64. The van der Waals surface area contributed by atoms with Crippen molar-refractivity contribution in [3.05, 3.63) is 47.3 Å². The number of nitriles is 1. The Balaban J connectivity index is 2.26. The summed E-state index contributed by atoms with van der Waals surface area (Å²) in [7, 11) is 0. The standard InChI is InChI=1S/C16H15N3O2/c1-10-8-16(15(9-17)11(2)18-10)21-14-6-4-13(5-7-14)19-12(3)20/h4-8H,1-3H3,(H,19,20). The van der Waals surface area contributed by atoms with E-state index in [4.69, 9.17) is 4.74 Å². The summed E-state index contributed by atoms with van der Waals surface area (Å²) in [6, 6.07) is 10.8. The van der Waals surface area contributed by atoms with E-state index in [0.29, 0.717) is 28.4 Å². The third-order valence-electron chi connectivity index (χ3n) is 2.81. The van der Waals surface area contributed by atoms with Gasteiger partial charge in [0.15, 0.2) is 0 Å². The molecule has 2 rings (SSSR count). The van der Waals surface area contributed by atoms with Crippen molar-refractivity contribution in [2.75, 3.05) is 5.32 Å². The summed E-state index contributed by atoms with van der Waals surface area (Å²) in [5.74, 6) is 0.941. The van der Waals surface area contributed by atoms with E-state index < -0.39 is 0 Å². The van der Waals surface area contributed by atoms with Crippen LogP contribution in [0.5, 0.6) is 11.5 Å². The van der Waals surface area contributed by atoms with Crippen LogP contribution < -0.4 is 10.1 Å². The highest BCUT2D eigenvalue weighted by Gasteiger charge is 2.10. The average molecular weight is 281 g/mol. The van der Waals surface area contributed by atoms with Crippen molar-refractivity contribution < 1.29 is 9.53 Å². The Bertz CT molecular complexity index is 716. The number of aryl methyl sites for hydroxylation is 2. The summed E-state index contributed by atoms with van der Waals surface area (Å²) in [5.41, 5.74) is 2.54. The maximum absolute atomic E-state index is 11.0. The minimum Gasteiger partial charge on any atom is -0.456 e. The lowest BCUT2D eigenvalue weighted by Crippen LogP contribution is -2.05. The predicted molar refractivity (Wildman–Crippen MR) is 79.2 cm³/mol. The molecule has 0 atom stereocenters. The van der Waals surface area contributed by atoms with Crippen LogP contribution in [0.4, 0.5) is 5.69 Å². The van der Waals surface area contributed by atoms with Gasteiger partial charge in [-0.05, 0) is 38.1 Å². The Kier molecular flexibility index (Phi) is 4.19. The topological polar surface area (TPSA) is 75.0 Å². The molecule has 1 heterocycles. The molecule has 0 aliphatic heterocycles. The summed E-state index contributed by atoms with van der Waals surface area (Å²) >= 11 is 0. The fourth-order valence-electron chi connectivity index (χ4n) is 1.95. The highest BCUT2D eigenvalue weighted by Crippen LogP contribution is 2.28. The van der Waals surface area contributed by atoms with Crippen molar-refractivity contribution in [3.8, 4) is 17.6 Å². The third kappa shape index (κ3) is 3.57. The summed E-state index contributed by atoms with van der Waals surface area (Å²) in [6.07, 6.45) is 0. The second-order valence-corrected chi connectivity index (χ2v) is 4.64. The Morgan fingerprint density at radius 1 is 1.29 bits per heavy atom. The van der Waals surface area contributed by atoms with E-state index in [1.165, 1.54) is 6.92 Å². The van der Waals surface area contributed by atoms with Gasteiger partial charge in [0, 0.05) is 24.4 Å². The van der Waals surface area contributed by atoms with Gasteiger partial charge in [-0.15, -0.1) is 0 Å². The van der Waals surface area contributed by atoms with Gasteiger partial charge in [0.25, 0.3) is 0 Å². The van der Waals surface area contributed by atoms with Gasteiger partial charge < -0.3 is 10.1 Å². The molecule has 0 saturated heterocycles. The lowest BCUT2D eigenvalue weighted by atomic mass is 10.2. The maximum atomic E-state index is 11.0. The largest absolute Gasteiger partial charge is 0.456 e. The van der Waals surface area contributed by atoms with E-state index in [0.717, 1.165) is 5.69 Å². The number of hydrogen-bond acceptors (Lipinski definition) is 4. The first-order valence-electron chi connectivity index (χ1n) is 6.43. The van der Waals surface area contributed by atoms with Crippen LogP contribution >= 0.6 is 0 Å². The first kappa shape index (κ1) is 14.5. The molecule has 0 saturated carbocycles. The van der Waals surface area contributed by atoms with Gasteiger partial charge in [0.1, 0.15) is 23.1 Å². The smallest absolute Gasteiger partial charge is 0.221 e. The molecule has 106 valence electrons. The zero-order chi connectivity index (χ0) is 15.4. The number of hydrogen-bond donors (Lipinski definition) is 1. The third-order valence-corrected chi connectivity index (χ3v) is 2.81. The van der Waals surface area contributed by atoms with Crippen molar-refractivity contribution in [2.24, 2.45) is 0 Å². The van der Waals surface area contributed by atoms with E-state index in [1.54, 1.807) is 37.3 Å². The fraction of sp³-hybridized carbons (Fsp3) is 0.188. The molecule has 1 aromatic heterocycles. The van der Waals surface area contributed by atoms with Crippen LogP contribution in [0.3, 0.4) is 0 Å². The molecule has 2 aromatic rings. The highest BCUT2D eigenvalue weighted by atomic mass is 16.5. The van der Waals surface area contributed by atoms with Gasteiger partial charge in [-0.1, -0.05) is 0 Å². The first-order valence-corrected chi connectivity index (χ1v) is 6.43. The number of anilines is 1. The van der Waals surface area contributed by atoms with Gasteiger partial charge in [-0.3, -0.25) is 9.78 Å². The van der Waals surface area contributed by atoms with Gasteiger partial charge >= 0.3 is 0 Å². The fourth-order valence-corrected chi connectivity index (χ4v) is 1.95. The number of carbonyl (C=O) groups is 1. The van der Waals surface area contributed by atoms with E-state index in [9.17, 15) is 10.1 Å². The number of rotatable bonds is 3. The van der Waals surface area contributed by atoms with Crippen LogP contribution in [0.15, 0.2) is 30.3 Å². The zero-order valence-corrected chi connectivity index (χ0v) is 12.1. The number of aromatic nitrogens is 1. The number of ether oxygens (including phenoxy) is 1. The summed E-state index contributed by atoms with van der Waals surface area (Å²) < 4.78 is 5.75. The van der Waals surface area contributed by atoms with Gasteiger partial charge in [-0.25, -0.2) is 0 Å². The van der Waals surface area contributed by atoms with E-state index in [2.05, 4.69) is 16.4 Å². The molecule has 21 heavy (non-hydrogen) atoms. The first-order chi connectivity index (χ1) is 9.99. The lowest BCUT2D eigenvalue weighted by Gasteiger charge is -2.10. The minimum atomic E-state index is -0.129. The molecule has 0 aliphatic carbocycles. The Morgan fingerprint density at radius 2 is 1.95 bits per heavy atom. The molecule has 1 amide bonds. The number of carbonyl (C=O) groups excluding carboxylic acids is 1. The summed E-state index contributed by atoms with van der Waals surface area (Å²) in [5, 5.41) is 11.9. The van der Waals surface area contributed by atoms with Crippen LogP contribution in [0, 0.1) is 25.2 Å². The Morgan fingerprint density at radius 3 is 2.52 bits per heavy atom. The molecule has 0 bridgehead atoms. The van der Waals surface area contributed by atoms with E-state index >= 15 is 0 Å². The Hall–Kier alpha value is -2.87. The predicted octanol–water partition coefficient (Wildman–Crippen LogP) is 3.32. The van der Waals surface area contributed by atoms with Crippen molar-refractivity contribution in [1.29, 1.82) is 5.26 Å². The van der Waals surface area contributed by atoms with Gasteiger partial charge in [0.2, 0.25) is 5.91 Å². The molecule has 5 heteroatoms. The molecule has 0 spiro atoms. The molecule has 1 N–H and O–H groups in total. The summed E-state index contributed by atoms with van der Waals surface area (Å²) in [4.78, 5) is 15.2. The molecule has 0 radical (unpaired) electrons. The number of nitrogens with zero attached hydrogens (tertiary/aromatic N) is 2. The van der Waals surface area contributed by atoms with Gasteiger partial charge in [0.05, 0.1) is 5.69 Å². The quantitative estimate of drug-likeness (QED) is 0.936. The van der Waals surface area contributed by atoms with Crippen molar-refractivity contribution in [3.63, 3.8) is 0 Å². The van der Waals surface area contributed by atoms with E-state index in [-0.39, 0.29) is 5.91 Å². The molecule has 0 aliphatic rings.